The minimum Gasteiger partial charge on any atom is -0.356 e. The quantitative estimate of drug-likeness (QED) is 0.286. The summed E-state index contributed by atoms with van der Waals surface area (Å²) in [4.78, 5) is 6.54. The van der Waals surface area contributed by atoms with Crippen LogP contribution >= 0.6 is 24.0 Å². The molecule has 0 aromatic carbocycles. The molecule has 130 valence electrons. The predicted molar refractivity (Wildman–Crippen MR) is 108 cm³/mol. The minimum atomic E-state index is 0. The zero-order valence-electron chi connectivity index (χ0n) is 15.0. The maximum absolute atomic E-state index is 4.31. The van der Waals surface area contributed by atoms with E-state index in [0.29, 0.717) is 0 Å². The van der Waals surface area contributed by atoms with Gasteiger partial charge in [0.05, 0.1) is 0 Å². The van der Waals surface area contributed by atoms with Crippen LogP contribution < -0.4 is 10.6 Å². The molecule has 0 saturated carbocycles. The fourth-order valence-electron chi connectivity index (χ4n) is 2.93. The van der Waals surface area contributed by atoms with Gasteiger partial charge in [0.25, 0.3) is 0 Å². The molecule has 0 spiro atoms. The number of guanidine groups is 1. The lowest BCUT2D eigenvalue weighted by Crippen LogP contribution is -2.45. The van der Waals surface area contributed by atoms with E-state index in [1.165, 1.54) is 25.7 Å². The minimum absolute atomic E-state index is 0. The molecular weight excluding hydrogens is 387 g/mol. The van der Waals surface area contributed by atoms with Gasteiger partial charge in [-0.15, -0.1) is 24.0 Å². The summed E-state index contributed by atoms with van der Waals surface area (Å²) in [5, 5.41) is 6.87. The van der Waals surface area contributed by atoms with Crippen LogP contribution in [0.5, 0.6) is 0 Å². The normalized spacial score (nSPS) is 16.1. The van der Waals surface area contributed by atoms with Crippen LogP contribution in [0, 0.1) is 5.41 Å². The number of nitrogens with one attached hydrogen (secondary N) is 2. The summed E-state index contributed by atoms with van der Waals surface area (Å²) in [6.07, 6.45) is 8.83. The van der Waals surface area contributed by atoms with Crippen LogP contribution in [0.1, 0.15) is 46.0 Å². The lowest BCUT2D eigenvalue weighted by atomic mass is 9.93. The van der Waals surface area contributed by atoms with Gasteiger partial charge in [-0.3, -0.25) is 4.99 Å². The largest absolute Gasteiger partial charge is 0.356 e. The summed E-state index contributed by atoms with van der Waals surface area (Å²) in [6.45, 7) is 7.51. The second-order valence-corrected chi connectivity index (χ2v) is 7.11. The van der Waals surface area contributed by atoms with E-state index in [1.54, 1.807) is 5.57 Å². The zero-order valence-corrected chi connectivity index (χ0v) is 17.4. The maximum Gasteiger partial charge on any atom is 0.191 e. The van der Waals surface area contributed by atoms with Gasteiger partial charge in [-0.2, -0.15) is 0 Å². The Bertz CT molecular complexity index is 362. The van der Waals surface area contributed by atoms with E-state index in [1.807, 2.05) is 7.05 Å². The molecule has 0 fully saturated rings. The van der Waals surface area contributed by atoms with Crippen LogP contribution in [0.2, 0.25) is 0 Å². The van der Waals surface area contributed by atoms with Crippen LogP contribution in [-0.4, -0.2) is 51.6 Å². The van der Waals surface area contributed by atoms with Gasteiger partial charge in [-0.25, -0.2) is 0 Å². The number of hydrogen-bond acceptors (Lipinski definition) is 2. The van der Waals surface area contributed by atoms with E-state index in [-0.39, 0.29) is 29.4 Å². The molecule has 1 aliphatic carbocycles. The van der Waals surface area contributed by atoms with Crippen LogP contribution in [0.15, 0.2) is 16.6 Å². The lowest BCUT2D eigenvalue weighted by Gasteiger charge is -2.29. The SMILES string of the molecule is CN=C(NCCC1=CCCCC1)NCC(C)(C)CN(C)C.I. The molecule has 0 saturated heterocycles. The highest BCUT2D eigenvalue weighted by atomic mass is 127. The number of allylic oxidation sites excluding steroid dienone is 1. The molecule has 0 atom stereocenters. The van der Waals surface area contributed by atoms with Crippen molar-refractivity contribution in [3.8, 4) is 0 Å². The molecule has 4 nitrogen and oxygen atoms in total. The number of nitrogens with zero attached hydrogens (tertiary/aromatic N) is 2. The standard InChI is InChI=1S/C17H34N4.HI/c1-17(2,14-21(4)5)13-20-16(18-3)19-12-11-15-9-7-6-8-10-15;/h9H,6-8,10-14H2,1-5H3,(H2,18,19,20);1H. The van der Waals surface area contributed by atoms with Gasteiger partial charge in [-0.05, 0) is 51.6 Å². The Morgan fingerprint density at radius 1 is 1.27 bits per heavy atom. The Hall–Kier alpha value is -0.300. The monoisotopic (exact) mass is 422 g/mol. The Labute approximate surface area is 154 Å². The van der Waals surface area contributed by atoms with Crippen molar-refractivity contribution in [1.29, 1.82) is 0 Å². The van der Waals surface area contributed by atoms with Gasteiger partial charge in [0.2, 0.25) is 0 Å². The van der Waals surface area contributed by atoms with Crippen molar-refractivity contribution in [3.05, 3.63) is 11.6 Å². The molecule has 2 N–H and O–H groups in total. The first-order chi connectivity index (χ1) is 9.93. The van der Waals surface area contributed by atoms with Crippen LogP contribution in [0.3, 0.4) is 0 Å². The zero-order chi connectivity index (χ0) is 15.7. The van der Waals surface area contributed by atoms with Crippen molar-refractivity contribution in [3.63, 3.8) is 0 Å². The molecule has 0 radical (unpaired) electrons. The van der Waals surface area contributed by atoms with Gasteiger partial charge in [0.1, 0.15) is 0 Å². The van der Waals surface area contributed by atoms with E-state index in [9.17, 15) is 0 Å². The van der Waals surface area contributed by atoms with E-state index in [2.05, 4.69) is 54.5 Å². The molecule has 0 amide bonds. The smallest absolute Gasteiger partial charge is 0.191 e. The molecule has 0 aromatic rings. The summed E-state index contributed by atoms with van der Waals surface area (Å²) >= 11 is 0. The maximum atomic E-state index is 4.31. The molecule has 0 heterocycles. The molecule has 5 heteroatoms. The second-order valence-electron chi connectivity index (χ2n) is 7.11. The summed E-state index contributed by atoms with van der Waals surface area (Å²) in [5.41, 5.74) is 1.84. The topological polar surface area (TPSA) is 39.7 Å². The Morgan fingerprint density at radius 2 is 2.00 bits per heavy atom. The first-order valence-corrected chi connectivity index (χ1v) is 8.20. The molecule has 0 bridgehead atoms. The Morgan fingerprint density at radius 3 is 2.55 bits per heavy atom. The van der Waals surface area contributed by atoms with Crippen molar-refractivity contribution in [2.24, 2.45) is 10.4 Å². The van der Waals surface area contributed by atoms with Crippen molar-refractivity contribution >= 4 is 29.9 Å². The van der Waals surface area contributed by atoms with Crippen LogP contribution in [0.4, 0.5) is 0 Å². The van der Waals surface area contributed by atoms with Crippen LogP contribution in [0.25, 0.3) is 0 Å². The van der Waals surface area contributed by atoms with Crippen molar-refractivity contribution in [2.45, 2.75) is 46.0 Å². The number of hydrogen-bond donors (Lipinski definition) is 2. The molecule has 1 aliphatic rings. The third-order valence-corrected chi connectivity index (χ3v) is 3.83. The molecule has 0 unspecified atom stereocenters. The van der Waals surface area contributed by atoms with E-state index in [4.69, 9.17) is 0 Å². The van der Waals surface area contributed by atoms with Gasteiger partial charge < -0.3 is 15.5 Å². The number of halogens is 1. The number of rotatable bonds is 7. The molecular formula is C17H35IN4. The van der Waals surface area contributed by atoms with E-state index in [0.717, 1.165) is 32.0 Å². The second kappa shape index (κ2) is 11.3. The number of aliphatic imine (C=N–C) groups is 1. The van der Waals surface area contributed by atoms with Gasteiger partial charge in [-0.1, -0.05) is 25.5 Å². The molecule has 0 aromatic heterocycles. The molecule has 1 rings (SSSR count). The van der Waals surface area contributed by atoms with Crippen molar-refractivity contribution in [1.82, 2.24) is 15.5 Å². The van der Waals surface area contributed by atoms with Gasteiger partial charge in [0, 0.05) is 26.7 Å². The van der Waals surface area contributed by atoms with E-state index >= 15 is 0 Å². The summed E-state index contributed by atoms with van der Waals surface area (Å²) in [6, 6.07) is 0. The van der Waals surface area contributed by atoms with Crippen molar-refractivity contribution < 1.29 is 0 Å². The third kappa shape index (κ3) is 9.66. The highest BCUT2D eigenvalue weighted by Crippen LogP contribution is 2.19. The molecule has 22 heavy (non-hydrogen) atoms. The first-order valence-electron chi connectivity index (χ1n) is 8.20. The fraction of sp³-hybridized carbons (Fsp3) is 0.824. The molecule has 0 aliphatic heterocycles. The highest BCUT2D eigenvalue weighted by Gasteiger charge is 2.19. The fourth-order valence-corrected chi connectivity index (χ4v) is 2.93. The van der Waals surface area contributed by atoms with Crippen molar-refractivity contribution in [2.75, 3.05) is 40.8 Å². The average molecular weight is 422 g/mol. The predicted octanol–water partition coefficient (Wildman–Crippen LogP) is 3.25. The summed E-state index contributed by atoms with van der Waals surface area (Å²) < 4.78 is 0. The van der Waals surface area contributed by atoms with Crippen LogP contribution in [-0.2, 0) is 0 Å². The third-order valence-electron chi connectivity index (χ3n) is 3.83. The Kier molecular flexibility index (Phi) is 11.1. The van der Waals surface area contributed by atoms with Gasteiger partial charge >= 0.3 is 0 Å². The first kappa shape index (κ1) is 21.7. The summed E-state index contributed by atoms with van der Waals surface area (Å²) in [5.74, 6) is 0.915. The van der Waals surface area contributed by atoms with E-state index < -0.39 is 0 Å². The highest BCUT2D eigenvalue weighted by molar-refractivity contribution is 14.0. The average Bonchev–Trinajstić information content (AvgIpc) is 2.42. The van der Waals surface area contributed by atoms with Gasteiger partial charge in [0.15, 0.2) is 5.96 Å². The lowest BCUT2D eigenvalue weighted by molar-refractivity contribution is 0.241. The summed E-state index contributed by atoms with van der Waals surface area (Å²) in [7, 11) is 6.08. The Balaban J connectivity index is 0.00000441.